The number of rotatable bonds is 3. The molecule has 21 heavy (non-hydrogen) atoms. The number of aromatic nitrogens is 2. The van der Waals surface area contributed by atoms with Crippen molar-refractivity contribution in [2.45, 2.75) is 85.1 Å². The van der Waals surface area contributed by atoms with E-state index < -0.39 is 0 Å². The van der Waals surface area contributed by atoms with Crippen molar-refractivity contribution < 1.29 is 0 Å². The zero-order valence-corrected chi connectivity index (χ0v) is 14.7. The van der Waals surface area contributed by atoms with E-state index in [4.69, 9.17) is 10.7 Å². The summed E-state index contributed by atoms with van der Waals surface area (Å²) in [4.78, 5) is 5.03. The van der Waals surface area contributed by atoms with Crippen LogP contribution < -0.4 is 5.73 Å². The van der Waals surface area contributed by atoms with Crippen LogP contribution in [0.3, 0.4) is 0 Å². The van der Waals surface area contributed by atoms with Gasteiger partial charge in [-0.1, -0.05) is 54.4 Å². The highest BCUT2D eigenvalue weighted by molar-refractivity contribution is 5.42. The van der Waals surface area contributed by atoms with Crippen LogP contribution in [0.5, 0.6) is 0 Å². The Labute approximate surface area is 130 Å². The summed E-state index contributed by atoms with van der Waals surface area (Å²) in [5, 5.41) is 0. The number of imidazole rings is 1. The van der Waals surface area contributed by atoms with Crippen LogP contribution in [-0.2, 0) is 12.0 Å². The monoisotopic (exact) mass is 291 g/mol. The molecule has 2 rings (SSSR count). The van der Waals surface area contributed by atoms with Crippen molar-refractivity contribution in [1.82, 2.24) is 9.55 Å². The number of nitrogens with zero attached hydrogens (tertiary/aromatic N) is 2. The zero-order valence-electron chi connectivity index (χ0n) is 14.7. The molecule has 1 aromatic heterocycles. The van der Waals surface area contributed by atoms with Gasteiger partial charge in [0.05, 0.1) is 5.69 Å². The van der Waals surface area contributed by atoms with Gasteiger partial charge < -0.3 is 10.3 Å². The van der Waals surface area contributed by atoms with E-state index in [1.807, 2.05) is 0 Å². The van der Waals surface area contributed by atoms with E-state index in [1.54, 1.807) is 0 Å². The lowest BCUT2D eigenvalue weighted by molar-refractivity contribution is 0.340. The summed E-state index contributed by atoms with van der Waals surface area (Å²) in [6, 6.07) is 0. The lowest BCUT2D eigenvalue weighted by Crippen LogP contribution is -2.21. The van der Waals surface area contributed by atoms with Crippen molar-refractivity contribution in [1.29, 1.82) is 0 Å². The minimum atomic E-state index is 0.0432. The normalized spacial score (nSPS) is 23.8. The number of hydrogen-bond donors (Lipinski definition) is 1. The first-order valence-corrected chi connectivity index (χ1v) is 8.56. The highest BCUT2D eigenvalue weighted by Gasteiger charge is 2.30. The smallest absolute Gasteiger partial charge is 0.127 e. The highest BCUT2D eigenvalue weighted by atomic mass is 15.2. The van der Waals surface area contributed by atoms with Gasteiger partial charge >= 0.3 is 0 Å². The lowest BCUT2D eigenvalue weighted by atomic mass is 9.81. The van der Waals surface area contributed by atoms with Crippen molar-refractivity contribution in [3.63, 3.8) is 0 Å². The fourth-order valence-electron chi connectivity index (χ4n) is 3.59. The third-order valence-corrected chi connectivity index (χ3v) is 4.58. The fourth-order valence-corrected chi connectivity index (χ4v) is 3.59. The lowest BCUT2D eigenvalue weighted by Gasteiger charge is -2.25. The van der Waals surface area contributed by atoms with Crippen molar-refractivity contribution in [2.24, 2.45) is 11.8 Å². The predicted molar refractivity (Wildman–Crippen MR) is 90.6 cm³/mol. The van der Waals surface area contributed by atoms with Crippen LogP contribution in [0.4, 0.5) is 5.82 Å². The molecule has 1 saturated carbocycles. The quantitative estimate of drug-likeness (QED) is 0.876. The van der Waals surface area contributed by atoms with E-state index >= 15 is 0 Å². The average molecular weight is 291 g/mol. The maximum absolute atomic E-state index is 6.53. The van der Waals surface area contributed by atoms with Crippen LogP contribution in [0.2, 0.25) is 0 Å². The van der Waals surface area contributed by atoms with Gasteiger partial charge in [0, 0.05) is 17.9 Å². The van der Waals surface area contributed by atoms with Crippen LogP contribution in [-0.4, -0.2) is 9.55 Å². The third kappa shape index (κ3) is 3.61. The summed E-state index contributed by atoms with van der Waals surface area (Å²) in [6.45, 7) is 14.5. The van der Waals surface area contributed by atoms with Crippen molar-refractivity contribution in [3.05, 3.63) is 11.5 Å². The second-order valence-electron chi connectivity index (χ2n) is 8.43. The second kappa shape index (κ2) is 6.02. The Morgan fingerprint density at radius 3 is 2.48 bits per heavy atom. The molecule has 1 aromatic rings. The Morgan fingerprint density at radius 1 is 1.29 bits per heavy atom. The number of nitrogens with two attached hydrogens (primary N) is 1. The molecule has 2 unspecified atom stereocenters. The van der Waals surface area contributed by atoms with Gasteiger partial charge in [-0.05, 0) is 24.7 Å². The summed E-state index contributed by atoms with van der Waals surface area (Å²) in [5.41, 5.74) is 7.74. The van der Waals surface area contributed by atoms with Gasteiger partial charge in [-0.2, -0.15) is 0 Å². The highest BCUT2D eigenvalue weighted by Crippen LogP contribution is 2.39. The van der Waals surface area contributed by atoms with Crippen molar-refractivity contribution in [3.8, 4) is 0 Å². The van der Waals surface area contributed by atoms with Gasteiger partial charge in [0.1, 0.15) is 11.6 Å². The molecular weight excluding hydrogens is 258 g/mol. The minimum Gasteiger partial charge on any atom is -0.384 e. The van der Waals surface area contributed by atoms with Crippen LogP contribution in [0.15, 0.2) is 0 Å². The molecule has 1 aliphatic rings. The topological polar surface area (TPSA) is 43.8 Å². The van der Waals surface area contributed by atoms with Crippen LogP contribution in [0.1, 0.15) is 84.7 Å². The minimum absolute atomic E-state index is 0.0432. The average Bonchev–Trinajstić information content (AvgIpc) is 2.66. The van der Waals surface area contributed by atoms with Crippen molar-refractivity contribution >= 4 is 5.82 Å². The number of anilines is 1. The molecule has 120 valence electrons. The van der Waals surface area contributed by atoms with Gasteiger partial charge in [-0.25, -0.2) is 4.98 Å². The Balaban J connectivity index is 2.40. The second-order valence-corrected chi connectivity index (χ2v) is 8.43. The molecule has 0 aromatic carbocycles. The van der Waals surface area contributed by atoms with Gasteiger partial charge in [0.25, 0.3) is 0 Å². The first-order chi connectivity index (χ1) is 9.70. The predicted octanol–water partition coefficient (Wildman–Crippen LogP) is 4.71. The fraction of sp³-hybridized carbons (Fsp3) is 0.833. The van der Waals surface area contributed by atoms with E-state index in [-0.39, 0.29) is 5.41 Å². The Bertz CT molecular complexity index is 479. The first-order valence-electron chi connectivity index (χ1n) is 8.56. The molecule has 0 bridgehead atoms. The molecule has 0 aliphatic heterocycles. The maximum atomic E-state index is 6.53. The van der Waals surface area contributed by atoms with E-state index in [2.05, 4.69) is 46.1 Å². The van der Waals surface area contributed by atoms with Crippen LogP contribution in [0.25, 0.3) is 0 Å². The molecule has 0 radical (unpaired) electrons. The molecule has 1 aliphatic carbocycles. The van der Waals surface area contributed by atoms with E-state index in [0.717, 1.165) is 24.1 Å². The third-order valence-electron chi connectivity index (χ3n) is 4.58. The largest absolute Gasteiger partial charge is 0.384 e. The summed E-state index contributed by atoms with van der Waals surface area (Å²) in [5.74, 6) is 4.02. The van der Waals surface area contributed by atoms with Crippen molar-refractivity contribution in [2.75, 3.05) is 5.73 Å². The van der Waals surface area contributed by atoms with E-state index in [9.17, 15) is 0 Å². The number of nitrogen functional groups attached to an aromatic ring is 1. The molecule has 0 spiro atoms. The maximum Gasteiger partial charge on any atom is 0.127 e. The molecule has 1 heterocycles. The molecule has 2 N–H and O–H groups in total. The van der Waals surface area contributed by atoms with Crippen LogP contribution >= 0.6 is 0 Å². The molecule has 0 saturated heterocycles. The molecule has 2 atom stereocenters. The van der Waals surface area contributed by atoms with Gasteiger partial charge in [0.2, 0.25) is 0 Å². The number of hydrogen-bond acceptors (Lipinski definition) is 2. The van der Waals surface area contributed by atoms with Crippen LogP contribution in [0, 0.1) is 11.8 Å². The zero-order chi connectivity index (χ0) is 15.8. The Kier molecular flexibility index (Phi) is 4.69. The molecular formula is C18H33N3. The summed E-state index contributed by atoms with van der Waals surface area (Å²) in [7, 11) is 0. The molecule has 1 fully saturated rings. The standard InChI is InChI=1S/C18H33N3/c1-12(2)11-21-16(19)15(20-17(21)18(4,5)6)14-9-7-8-13(3)10-14/h12-14H,7-11,19H2,1-6H3. The summed E-state index contributed by atoms with van der Waals surface area (Å²) in [6.07, 6.45) is 5.16. The van der Waals surface area contributed by atoms with E-state index in [0.29, 0.717) is 11.8 Å². The Hall–Kier alpha value is -0.990. The van der Waals surface area contributed by atoms with E-state index in [1.165, 1.54) is 31.4 Å². The summed E-state index contributed by atoms with van der Waals surface area (Å²) >= 11 is 0. The Morgan fingerprint density at radius 2 is 1.95 bits per heavy atom. The summed E-state index contributed by atoms with van der Waals surface area (Å²) < 4.78 is 2.28. The molecule has 0 amide bonds. The van der Waals surface area contributed by atoms with Gasteiger partial charge in [-0.15, -0.1) is 0 Å². The SMILES string of the molecule is CC(C)Cn1c(C(C)(C)C)nc(C2CCCC(C)C2)c1N. The first kappa shape index (κ1) is 16.4. The molecule has 3 heteroatoms. The molecule has 3 nitrogen and oxygen atoms in total. The van der Waals surface area contributed by atoms with Gasteiger partial charge in [-0.3, -0.25) is 0 Å². The van der Waals surface area contributed by atoms with Gasteiger partial charge in [0.15, 0.2) is 0 Å².